The second-order valence-corrected chi connectivity index (χ2v) is 9.22. The fourth-order valence-corrected chi connectivity index (χ4v) is 5.09. The Hall–Kier alpha value is -4.07. The van der Waals surface area contributed by atoms with Crippen LogP contribution in [0.4, 0.5) is 10.5 Å². The van der Waals surface area contributed by atoms with E-state index in [1.165, 1.54) is 12.3 Å². The second kappa shape index (κ2) is 9.29. The van der Waals surface area contributed by atoms with Crippen LogP contribution < -0.4 is 10.6 Å². The van der Waals surface area contributed by atoms with Gasteiger partial charge < -0.3 is 19.6 Å². The van der Waals surface area contributed by atoms with Crippen LogP contribution in [0.2, 0.25) is 0 Å². The number of carboxylic acid groups (broad SMARTS) is 1. The number of ether oxygens (including phenoxy) is 1. The number of benzene rings is 2. The van der Waals surface area contributed by atoms with Crippen molar-refractivity contribution in [3.8, 4) is 11.1 Å². The third-order valence-corrected chi connectivity index (χ3v) is 7.02. The van der Waals surface area contributed by atoms with Gasteiger partial charge in [0.25, 0.3) is 5.91 Å². The summed E-state index contributed by atoms with van der Waals surface area (Å²) in [7, 11) is 0. The molecule has 0 spiro atoms. The Kier molecular flexibility index (Phi) is 6.03. The highest BCUT2D eigenvalue weighted by Crippen LogP contribution is 2.45. The molecular weight excluding hydrogens is 448 g/mol. The third-order valence-electron chi connectivity index (χ3n) is 7.02. The Labute approximate surface area is 202 Å². The topological polar surface area (TPSA) is 118 Å². The number of carbonyl (C=O) groups is 3. The highest BCUT2D eigenvalue weighted by molar-refractivity contribution is 6.00. The molecule has 8 nitrogen and oxygen atoms in total. The number of carboxylic acids is 1. The van der Waals surface area contributed by atoms with E-state index in [0.717, 1.165) is 41.5 Å². The van der Waals surface area contributed by atoms with E-state index in [1.807, 2.05) is 36.4 Å². The Morgan fingerprint density at radius 3 is 2.26 bits per heavy atom. The predicted octanol–water partition coefficient (Wildman–Crippen LogP) is 5.02. The summed E-state index contributed by atoms with van der Waals surface area (Å²) >= 11 is 0. The van der Waals surface area contributed by atoms with Crippen molar-refractivity contribution in [2.24, 2.45) is 5.41 Å². The van der Waals surface area contributed by atoms with E-state index in [0.29, 0.717) is 0 Å². The quantitative estimate of drug-likeness (QED) is 0.422. The van der Waals surface area contributed by atoms with Crippen molar-refractivity contribution < 1.29 is 28.6 Å². The average molecular weight is 475 g/mol. The van der Waals surface area contributed by atoms with Gasteiger partial charge in [0.05, 0.1) is 18.4 Å². The Morgan fingerprint density at radius 1 is 1.00 bits per heavy atom. The highest BCUT2D eigenvalue weighted by Gasteiger charge is 2.39. The molecule has 0 bridgehead atoms. The first-order valence-corrected chi connectivity index (χ1v) is 11.7. The molecule has 2 amide bonds. The summed E-state index contributed by atoms with van der Waals surface area (Å²) in [5.41, 5.74) is 4.26. The van der Waals surface area contributed by atoms with E-state index >= 15 is 0 Å². The predicted molar refractivity (Wildman–Crippen MR) is 128 cm³/mol. The lowest BCUT2D eigenvalue weighted by atomic mass is 9.66. The number of hydrogen-bond donors (Lipinski definition) is 3. The number of furan rings is 1. The van der Waals surface area contributed by atoms with Crippen molar-refractivity contribution in [3.63, 3.8) is 0 Å². The van der Waals surface area contributed by atoms with E-state index in [9.17, 15) is 14.4 Å². The molecule has 0 aliphatic heterocycles. The third kappa shape index (κ3) is 4.51. The van der Waals surface area contributed by atoms with E-state index in [2.05, 4.69) is 22.8 Å². The van der Waals surface area contributed by atoms with Crippen LogP contribution in [0.1, 0.15) is 53.3 Å². The molecule has 1 heterocycles. The molecule has 5 rings (SSSR count). The van der Waals surface area contributed by atoms with Crippen molar-refractivity contribution in [2.75, 3.05) is 18.5 Å². The number of amides is 2. The molecule has 0 atom stereocenters. The minimum Gasteiger partial charge on any atom is -0.481 e. The first-order chi connectivity index (χ1) is 17.0. The standard InChI is InChI=1S/C27H26N2O6/c30-23(31)14-27(11-5-12-27)16-28-25(32)24-22(10-13-34-24)29-26(33)35-15-21-19-8-3-1-6-17(19)18-7-2-4-9-20(18)21/h1-4,6-10,13,21H,5,11-12,14-16H2,(H,28,32)(H,29,33)(H,30,31). The summed E-state index contributed by atoms with van der Waals surface area (Å²) in [6, 6.07) is 17.6. The maximum Gasteiger partial charge on any atom is 0.411 e. The molecule has 8 heteroatoms. The number of anilines is 1. The summed E-state index contributed by atoms with van der Waals surface area (Å²) in [6.07, 6.45) is 3.08. The van der Waals surface area contributed by atoms with Crippen LogP contribution in [0.5, 0.6) is 0 Å². The monoisotopic (exact) mass is 474 g/mol. The van der Waals surface area contributed by atoms with Gasteiger partial charge in [-0.25, -0.2) is 4.79 Å². The molecule has 1 saturated carbocycles. The van der Waals surface area contributed by atoms with Gasteiger partial charge in [0, 0.05) is 18.5 Å². The van der Waals surface area contributed by atoms with E-state index in [4.69, 9.17) is 14.3 Å². The molecule has 1 fully saturated rings. The maximum absolute atomic E-state index is 12.7. The Bertz CT molecular complexity index is 1230. The minimum atomic E-state index is -0.880. The molecule has 1 aromatic heterocycles. The highest BCUT2D eigenvalue weighted by atomic mass is 16.5. The lowest BCUT2D eigenvalue weighted by molar-refractivity contribution is -0.141. The van der Waals surface area contributed by atoms with Crippen molar-refractivity contribution >= 4 is 23.7 Å². The van der Waals surface area contributed by atoms with Gasteiger partial charge in [-0.1, -0.05) is 55.0 Å². The van der Waals surface area contributed by atoms with E-state index in [1.54, 1.807) is 0 Å². The van der Waals surface area contributed by atoms with Crippen molar-refractivity contribution in [1.29, 1.82) is 0 Å². The van der Waals surface area contributed by atoms with Crippen molar-refractivity contribution in [1.82, 2.24) is 5.32 Å². The summed E-state index contributed by atoms with van der Waals surface area (Å²) in [5.74, 6) is -1.52. The Morgan fingerprint density at radius 2 is 1.66 bits per heavy atom. The number of rotatable bonds is 8. The largest absolute Gasteiger partial charge is 0.481 e. The first-order valence-electron chi connectivity index (χ1n) is 11.7. The number of fused-ring (bicyclic) bond motifs is 3. The van der Waals surface area contributed by atoms with Crippen LogP contribution in [0.15, 0.2) is 65.3 Å². The smallest absolute Gasteiger partial charge is 0.411 e. The van der Waals surface area contributed by atoms with Crippen LogP contribution in [-0.4, -0.2) is 36.2 Å². The number of nitrogens with one attached hydrogen (secondary N) is 2. The zero-order valence-corrected chi connectivity index (χ0v) is 19.1. The number of hydrogen-bond acceptors (Lipinski definition) is 5. The van der Waals surface area contributed by atoms with Gasteiger partial charge in [-0.2, -0.15) is 0 Å². The molecular formula is C27H26N2O6. The minimum absolute atomic E-state index is 0.0102. The van der Waals surface area contributed by atoms with Gasteiger partial charge in [-0.3, -0.25) is 14.9 Å². The number of carbonyl (C=O) groups excluding carboxylic acids is 2. The molecule has 0 unspecified atom stereocenters. The van der Waals surface area contributed by atoms with Gasteiger partial charge >= 0.3 is 12.1 Å². The molecule has 3 aromatic rings. The SMILES string of the molecule is O=C(O)CC1(CNC(=O)c2occc2NC(=O)OCC2c3ccccc3-c3ccccc32)CCC1. The Balaban J connectivity index is 1.20. The molecule has 0 radical (unpaired) electrons. The van der Waals surface area contributed by atoms with Crippen LogP contribution in [0.3, 0.4) is 0 Å². The van der Waals surface area contributed by atoms with Crippen LogP contribution in [-0.2, 0) is 9.53 Å². The van der Waals surface area contributed by atoms with Crippen molar-refractivity contribution in [2.45, 2.75) is 31.6 Å². The fourth-order valence-electron chi connectivity index (χ4n) is 5.09. The van der Waals surface area contributed by atoms with E-state index < -0.39 is 23.4 Å². The van der Waals surface area contributed by atoms with Crippen LogP contribution in [0.25, 0.3) is 11.1 Å². The zero-order chi connectivity index (χ0) is 24.4. The molecule has 2 aliphatic rings. The summed E-state index contributed by atoms with van der Waals surface area (Å²) in [6.45, 7) is 0.389. The fraction of sp³-hybridized carbons (Fsp3) is 0.296. The van der Waals surface area contributed by atoms with Gasteiger partial charge in [0.15, 0.2) is 0 Å². The van der Waals surface area contributed by atoms with E-state index in [-0.39, 0.29) is 36.9 Å². The average Bonchev–Trinajstić information content (AvgIpc) is 3.41. The van der Waals surface area contributed by atoms with Gasteiger partial charge in [0.1, 0.15) is 6.61 Å². The first kappa shape index (κ1) is 22.7. The molecule has 2 aromatic carbocycles. The molecule has 3 N–H and O–H groups in total. The van der Waals surface area contributed by atoms with Gasteiger partial charge in [0.2, 0.25) is 5.76 Å². The molecule has 180 valence electrons. The van der Waals surface area contributed by atoms with Gasteiger partial charge in [-0.15, -0.1) is 0 Å². The van der Waals surface area contributed by atoms with Gasteiger partial charge in [-0.05, 0) is 40.5 Å². The molecule has 0 saturated heterocycles. The molecule has 35 heavy (non-hydrogen) atoms. The maximum atomic E-state index is 12.7. The van der Waals surface area contributed by atoms with Crippen molar-refractivity contribution in [3.05, 3.63) is 77.7 Å². The lowest BCUT2D eigenvalue weighted by Crippen LogP contribution is -2.43. The summed E-state index contributed by atoms with van der Waals surface area (Å²) in [5, 5.41) is 14.5. The normalized spacial score (nSPS) is 15.4. The lowest BCUT2D eigenvalue weighted by Gasteiger charge is -2.40. The van der Waals surface area contributed by atoms with Crippen LogP contribution in [0, 0.1) is 5.41 Å². The number of aliphatic carboxylic acids is 1. The molecule has 2 aliphatic carbocycles. The zero-order valence-electron chi connectivity index (χ0n) is 19.1. The second-order valence-electron chi connectivity index (χ2n) is 9.22. The van der Waals surface area contributed by atoms with Crippen LogP contribution >= 0.6 is 0 Å². The summed E-state index contributed by atoms with van der Waals surface area (Å²) < 4.78 is 10.8. The summed E-state index contributed by atoms with van der Waals surface area (Å²) in [4.78, 5) is 36.4.